The Kier molecular flexibility index (Phi) is 5.58. The van der Waals surface area contributed by atoms with Crippen LogP contribution in [0.25, 0.3) is 0 Å². The third-order valence-electron chi connectivity index (χ3n) is 3.30. The van der Waals surface area contributed by atoms with E-state index in [0.29, 0.717) is 6.04 Å². The zero-order valence-electron chi connectivity index (χ0n) is 10.3. The zero-order valence-corrected chi connectivity index (χ0v) is 10.3. The molecule has 1 saturated carbocycles. The lowest BCUT2D eigenvalue weighted by molar-refractivity contribution is -0.0760. The van der Waals surface area contributed by atoms with Crippen molar-refractivity contribution in [2.45, 2.75) is 51.2 Å². The van der Waals surface area contributed by atoms with Gasteiger partial charge in [-0.05, 0) is 26.3 Å². The molecular formula is C12H25NO2. The highest BCUT2D eigenvalue weighted by molar-refractivity contribution is 4.97. The summed E-state index contributed by atoms with van der Waals surface area (Å²) in [7, 11) is 1.76. The summed E-state index contributed by atoms with van der Waals surface area (Å²) < 4.78 is 11.3. The quantitative estimate of drug-likeness (QED) is 0.704. The normalized spacial score (nSPS) is 21.8. The fourth-order valence-corrected chi connectivity index (χ4v) is 2.66. The molecule has 0 amide bonds. The summed E-state index contributed by atoms with van der Waals surface area (Å²) in [5.41, 5.74) is 0.0285. The number of ether oxygens (including phenoxy) is 2. The molecule has 15 heavy (non-hydrogen) atoms. The van der Waals surface area contributed by atoms with Gasteiger partial charge in [-0.15, -0.1) is 0 Å². The number of methoxy groups -OCH3 is 1. The Morgan fingerprint density at radius 1 is 1.27 bits per heavy atom. The van der Waals surface area contributed by atoms with E-state index >= 15 is 0 Å². The first-order valence-electron chi connectivity index (χ1n) is 6.15. The van der Waals surface area contributed by atoms with Crippen LogP contribution < -0.4 is 5.32 Å². The molecule has 1 N–H and O–H groups in total. The first-order chi connectivity index (χ1) is 7.29. The maximum Gasteiger partial charge on any atom is 0.0857 e. The Balaban J connectivity index is 2.64. The van der Waals surface area contributed by atoms with E-state index < -0.39 is 0 Å². The highest BCUT2D eigenvalue weighted by atomic mass is 16.5. The second-order valence-corrected chi connectivity index (χ2v) is 4.27. The van der Waals surface area contributed by atoms with Crippen LogP contribution in [0.1, 0.15) is 39.5 Å². The van der Waals surface area contributed by atoms with Crippen LogP contribution in [0.4, 0.5) is 0 Å². The molecule has 1 rings (SSSR count). The van der Waals surface area contributed by atoms with E-state index in [-0.39, 0.29) is 5.60 Å². The molecule has 0 aromatic heterocycles. The Morgan fingerprint density at radius 3 is 2.40 bits per heavy atom. The van der Waals surface area contributed by atoms with Crippen LogP contribution in [0.2, 0.25) is 0 Å². The molecule has 0 saturated heterocycles. The minimum atomic E-state index is 0.0285. The van der Waals surface area contributed by atoms with Gasteiger partial charge in [0.25, 0.3) is 0 Å². The van der Waals surface area contributed by atoms with Crippen molar-refractivity contribution in [3.8, 4) is 0 Å². The Hall–Kier alpha value is -0.120. The number of hydrogen-bond donors (Lipinski definition) is 1. The molecule has 1 unspecified atom stereocenters. The molecule has 0 aromatic rings. The maximum absolute atomic E-state index is 6.02. The van der Waals surface area contributed by atoms with Crippen LogP contribution in [-0.2, 0) is 9.47 Å². The van der Waals surface area contributed by atoms with Gasteiger partial charge in [0.1, 0.15) is 0 Å². The minimum absolute atomic E-state index is 0.0285. The lowest BCUT2D eigenvalue weighted by Gasteiger charge is -2.37. The molecule has 1 aliphatic carbocycles. The van der Waals surface area contributed by atoms with Crippen molar-refractivity contribution in [3.63, 3.8) is 0 Å². The molecule has 0 aliphatic heterocycles. The van der Waals surface area contributed by atoms with E-state index in [1.54, 1.807) is 7.11 Å². The van der Waals surface area contributed by atoms with E-state index in [9.17, 15) is 0 Å². The zero-order chi connectivity index (χ0) is 11.1. The third-order valence-corrected chi connectivity index (χ3v) is 3.30. The Bertz CT molecular complexity index is 161. The number of likely N-dealkylation sites (N-methyl/N-ethyl adjacent to an activating group) is 1. The molecule has 90 valence electrons. The van der Waals surface area contributed by atoms with Gasteiger partial charge < -0.3 is 14.8 Å². The molecule has 1 atom stereocenters. The van der Waals surface area contributed by atoms with Crippen molar-refractivity contribution in [1.82, 2.24) is 5.32 Å². The van der Waals surface area contributed by atoms with E-state index in [1.807, 2.05) is 0 Å². The van der Waals surface area contributed by atoms with Gasteiger partial charge in [0, 0.05) is 13.7 Å². The monoisotopic (exact) mass is 215 g/mol. The average molecular weight is 215 g/mol. The Labute approximate surface area is 93.5 Å². The summed E-state index contributed by atoms with van der Waals surface area (Å²) in [4.78, 5) is 0. The number of rotatable bonds is 7. The van der Waals surface area contributed by atoms with Gasteiger partial charge in [-0.1, -0.05) is 19.8 Å². The molecule has 3 heteroatoms. The van der Waals surface area contributed by atoms with Crippen LogP contribution in [-0.4, -0.2) is 38.5 Å². The van der Waals surface area contributed by atoms with E-state index in [0.717, 1.165) is 19.8 Å². The van der Waals surface area contributed by atoms with Crippen LogP contribution in [0.15, 0.2) is 0 Å². The summed E-state index contributed by atoms with van der Waals surface area (Å²) >= 11 is 0. The first-order valence-corrected chi connectivity index (χ1v) is 6.15. The van der Waals surface area contributed by atoms with E-state index in [4.69, 9.17) is 9.47 Å². The molecule has 1 aliphatic rings. The van der Waals surface area contributed by atoms with Gasteiger partial charge in [0.05, 0.1) is 18.2 Å². The lowest BCUT2D eigenvalue weighted by atomic mass is 9.92. The highest BCUT2D eigenvalue weighted by Crippen LogP contribution is 2.36. The maximum atomic E-state index is 6.02. The van der Waals surface area contributed by atoms with Crippen molar-refractivity contribution >= 4 is 0 Å². The predicted octanol–water partition coefficient (Wildman–Crippen LogP) is 1.96. The molecule has 1 fully saturated rings. The fraction of sp³-hybridized carbons (Fsp3) is 1.00. The van der Waals surface area contributed by atoms with Gasteiger partial charge in [0.15, 0.2) is 0 Å². The number of nitrogens with one attached hydrogen (secondary N) is 1. The van der Waals surface area contributed by atoms with Crippen LogP contribution >= 0.6 is 0 Å². The van der Waals surface area contributed by atoms with Crippen molar-refractivity contribution in [2.24, 2.45) is 0 Å². The molecular weight excluding hydrogens is 190 g/mol. The second kappa shape index (κ2) is 6.46. The van der Waals surface area contributed by atoms with Crippen LogP contribution in [0, 0.1) is 0 Å². The standard InChI is InChI=1S/C12H25NO2/c1-4-13-11(10-14-3)12(15-5-2)8-6-7-9-12/h11,13H,4-10H2,1-3H3. The van der Waals surface area contributed by atoms with Gasteiger partial charge in [-0.2, -0.15) is 0 Å². The van der Waals surface area contributed by atoms with E-state index in [1.165, 1.54) is 25.7 Å². The molecule has 0 heterocycles. The van der Waals surface area contributed by atoms with Crippen LogP contribution in [0.3, 0.4) is 0 Å². The largest absolute Gasteiger partial charge is 0.383 e. The molecule has 0 aromatic carbocycles. The topological polar surface area (TPSA) is 30.5 Å². The van der Waals surface area contributed by atoms with Crippen molar-refractivity contribution in [2.75, 3.05) is 26.9 Å². The van der Waals surface area contributed by atoms with E-state index in [2.05, 4.69) is 19.2 Å². The average Bonchev–Trinajstić information content (AvgIpc) is 2.68. The SMILES string of the molecule is CCNC(COC)C1(OCC)CCCC1. The van der Waals surface area contributed by atoms with Gasteiger partial charge in [0.2, 0.25) is 0 Å². The number of hydrogen-bond acceptors (Lipinski definition) is 3. The van der Waals surface area contributed by atoms with Crippen molar-refractivity contribution < 1.29 is 9.47 Å². The van der Waals surface area contributed by atoms with Gasteiger partial charge in [-0.3, -0.25) is 0 Å². The third kappa shape index (κ3) is 3.16. The minimum Gasteiger partial charge on any atom is -0.383 e. The van der Waals surface area contributed by atoms with Gasteiger partial charge >= 0.3 is 0 Å². The molecule has 3 nitrogen and oxygen atoms in total. The summed E-state index contributed by atoms with van der Waals surface area (Å²) in [5, 5.41) is 3.50. The van der Waals surface area contributed by atoms with Crippen molar-refractivity contribution in [1.29, 1.82) is 0 Å². The summed E-state index contributed by atoms with van der Waals surface area (Å²) in [6, 6.07) is 0.343. The highest BCUT2D eigenvalue weighted by Gasteiger charge is 2.41. The van der Waals surface area contributed by atoms with Crippen molar-refractivity contribution in [3.05, 3.63) is 0 Å². The second-order valence-electron chi connectivity index (χ2n) is 4.27. The molecule has 0 radical (unpaired) electrons. The summed E-state index contributed by atoms with van der Waals surface area (Å²) in [5.74, 6) is 0. The first kappa shape index (κ1) is 12.9. The lowest BCUT2D eigenvalue weighted by Crippen LogP contribution is -2.53. The fourth-order valence-electron chi connectivity index (χ4n) is 2.66. The Morgan fingerprint density at radius 2 is 1.93 bits per heavy atom. The summed E-state index contributed by atoms with van der Waals surface area (Å²) in [6.07, 6.45) is 4.90. The van der Waals surface area contributed by atoms with Gasteiger partial charge in [-0.25, -0.2) is 0 Å². The smallest absolute Gasteiger partial charge is 0.0857 e. The molecule has 0 spiro atoms. The predicted molar refractivity (Wildman–Crippen MR) is 62.2 cm³/mol. The summed E-state index contributed by atoms with van der Waals surface area (Å²) in [6.45, 7) is 6.73. The molecule has 0 bridgehead atoms. The van der Waals surface area contributed by atoms with Crippen LogP contribution in [0.5, 0.6) is 0 Å².